The summed E-state index contributed by atoms with van der Waals surface area (Å²) in [6.45, 7) is 0. The summed E-state index contributed by atoms with van der Waals surface area (Å²) in [5.41, 5.74) is 10.7. The fraction of sp³-hybridized carbons (Fsp3) is 0. The molecular formula is C8H12N4S2+2. The van der Waals surface area contributed by atoms with E-state index in [1.807, 2.05) is 24.3 Å². The van der Waals surface area contributed by atoms with E-state index in [2.05, 4.69) is 0 Å². The highest BCUT2D eigenvalue weighted by Crippen LogP contribution is 2.23. The second-order valence-corrected chi connectivity index (χ2v) is 4.78. The van der Waals surface area contributed by atoms with Gasteiger partial charge in [-0.1, -0.05) is 6.07 Å². The van der Waals surface area contributed by atoms with Crippen LogP contribution in [-0.2, 0) is 0 Å². The summed E-state index contributed by atoms with van der Waals surface area (Å²) >= 11 is 2.62. The molecule has 0 atom stereocenters. The van der Waals surface area contributed by atoms with Gasteiger partial charge in [-0.3, -0.25) is 22.3 Å². The lowest BCUT2D eigenvalue weighted by Gasteiger charge is -1.98. The average molecular weight is 228 g/mol. The third-order valence-electron chi connectivity index (χ3n) is 1.28. The molecule has 0 amide bonds. The Morgan fingerprint density at radius 2 is 1.43 bits per heavy atom. The summed E-state index contributed by atoms with van der Waals surface area (Å²) < 4.78 is 0. The van der Waals surface area contributed by atoms with Crippen LogP contribution in [0.3, 0.4) is 0 Å². The summed E-state index contributed by atoms with van der Waals surface area (Å²) in [7, 11) is 0. The van der Waals surface area contributed by atoms with Crippen LogP contribution in [0.4, 0.5) is 0 Å². The molecule has 1 rings (SSSR count). The van der Waals surface area contributed by atoms with Crippen molar-refractivity contribution in [1.82, 2.24) is 0 Å². The van der Waals surface area contributed by atoms with Gasteiger partial charge in [0.2, 0.25) is 0 Å². The van der Waals surface area contributed by atoms with Gasteiger partial charge in [0, 0.05) is 9.79 Å². The van der Waals surface area contributed by atoms with Crippen LogP contribution < -0.4 is 22.3 Å². The van der Waals surface area contributed by atoms with Gasteiger partial charge in [-0.15, -0.1) is 0 Å². The number of thioether (sulfide) groups is 2. The van der Waals surface area contributed by atoms with Crippen LogP contribution in [-0.4, -0.2) is 10.3 Å². The third-order valence-corrected chi connectivity index (χ3v) is 2.73. The zero-order chi connectivity index (χ0) is 10.6. The minimum Gasteiger partial charge on any atom is -0.281 e. The van der Waals surface area contributed by atoms with Crippen LogP contribution in [0.25, 0.3) is 0 Å². The first-order valence-corrected chi connectivity index (χ1v) is 5.43. The predicted molar refractivity (Wildman–Crippen MR) is 60.4 cm³/mol. The minimum absolute atomic E-state index is 0.317. The Hall–Kier alpha value is -1.14. The molecule has 0 unspecified atom stereocenters. The van der Waals surface area contributed by atoms with Gasteiger partial charge in [-0.05, 0) is 41.7 Å². The van der Waals surface area contributed by atoms with Gasteiger partial charge >= 0.3 is 10.3 Å². The lowest BCUT2D eigenvalue weighted by molar-refractivity contribution is -0.110. The van der Waals surface area contributed by atoms with Gasteiger partial charge in [-0.25, -0.2) is 0 Å². The molecule has 0 heterocycles. The molecule has 4 nitrogen and oxygen atoms in total. The molecular weight excluding hydrogens is 216 g/mol. The normalized spacial score (nSPS) is 9.71. The predicted octanol–water partition coefficient (Wildman–Crippen LogP) is -1.98. The van der Waals surface area contributed by atoms with E-state index < -0.39 is 0 Å². The fourth-order valence-electron chi connectivity index (χ4n) is 0.873. The molecule has 0 bridgehead atoms. The van der Waals surface area contributed by atoms with Crippen molar-refractivity contribution in [2.24, 2.45) is 11.5 Å². The van der Waals surface area contributed by atoms with E-state index in [0.717, 1.165) is 9.79 Å². The van der Waals surface area contributed by atoms with Crippen LogP contribution >= 0.6 is 23.5 Å². The van der Waals surface area contributed by atoms with Crippen LogP contribution in [0.5, 0.6) is 0 Å². The Morgan fingerprint density at radius 3 is 1.79 bits per heavy atom. The van der Waals surface area contributed by atoms with E-state index in [1.165, 1.54) is 23.5 Å². The largest absolute Gasteiger partial charge is 0.304 e. The molecule has 14 heavy (non-hydrogen) atoms. The molecule has 1 aromatic carbocycles. The van der Waals surface area contributed by atoms with Crippen molar-refractivity contribution < 1.29 is 10.8 Å². The highest BCUT2D eigenvalue weighted by atomic mass is 32.2. The minimum atomic E-state index is 0.317. The number of hydrogen-bond acceptors (Lipinski definition) is 2. The average Bonchev–Trinajstić information content (AvgIpc) is 2.01. The summed E-state index contributed by atoms with van der Waals surface area (Å²) in [5.74, 6) is 0. The third kappa shape index (κ3) is 3.71. The SMILES string of the molecule is NC(=[NH2+])Sc1cccc(SC(N)=[NH2+])c1. The van der Waals surface area contributed by atoms with Crippen LogP contribution in [0.2, 0.25) is 0 Å². The molecule has 0 radical (unpaired) electrons. The van der Waals surface area contributed by atoms with E-state index in [0.29, 0.717) is 10.3 Å². The zero-order valence-corrected chi connectivity index (χ0v) is 9.07. The molecule has 0 aromatic heterocycles. The Labute approximate surface area is 90.5 Å². The number of rotatable bonds is 2. The molecule has 0 spiro atoms. The molecule has 0 aliphatic rings. The smallest absolute Gasteiger partial charge is 0.281 e. The number of hydrogen-bond donors (Lipinski definition) is 4. The first-order chi connectivity index (χ1) is 6.58. The highest BCUT2D eigenvalue weighted by molar-refractivity contribution is 8.14. The van der Waals surface area contributed by atoms with Gasteiger partial charge in [0.05, 0.1) is 0 Å². The van der Waals surface area contributed by atoms with Crippen molar-refractivity contribution in [3.63, 3.8) is 0 Å². The lowest BCUT2D eigenvalue weighted by atomic mass is 10.4. The van der Waals surface area contributed by atoms with Gasteiger partial charge < -0.3 is 0 Å². The Kier molecular flexibility index (Phi) is 3.84. The Balaban J connectivity index is 2.78. The lowest BCUT2D eigenvalue weighted by Crippen LogP contribution is -2.43. The van der Waals surface area contributed by atoms with E-state index in [1.54, 1.807) is 0 Å². The quantitative estimate of drug-likeness (QED) is 0.267. The monoisotopic (exact) mass is 228 g/mol. The summed E-state index contributed by atoms with van der Waals surface area (Å²) in [5, 5.41) is 11.4. The molecule has 1 aromatic rings. The van der Waals surface area contributed by atoms with Gasteiger partial charge in [0.1, 0.15) is 0 Å². The first-order valence-electron chi connectivity index (χ1n) is 3.79. The molecule has 74 valence electrons. The van der Waals surface area contributed by atoms with Crippen LogP contribution in [0.1, 0.15) is 0 Å². The molecule has 0 saturated carbocycles. The number of benzene rings is 1. The van der Waals surface area contributed by atoms with E-state index in [-0.39, 0.29) is 0 Å². The Bertz CT molecular complexity index is 333. The molecule has 6 heteroatoms. The van der Waals surface area contributed by atoms with Crippen molar-refractivity contribution in [1.29, 1.82) is 0 Å². The zero-order valence-electron chi connectivity index (χ0n) is 7.44. The van der Waals surface area contributed by atoms with E-state index in [9.17, 15) is 0 Å². The summed E-state index contributed by atoms with van der Waals surface area (Å²) in [6.07, 6.45) is 0. The fourth-order valence-corrected chi connectivity index (χ4v) is 2.16. The van der Waals surface area contributed by atoms with Gasteiger partial charge in [-0.2, -0.15) is 0 Å². The molecule has 0 aliphatic heterocycles. The maximum atomic E-state index is 5.37. The van der Waals surface area contributed by atoms with Crippen molar-refractivity contribution >= 4 is 33.9 Å². The second kappa shape index (κ2) is 4.92. The summed E-state index contributed by atoms with van der Waals surface area (Å²) in [6, 6.07) is 7.66. The first kappa shape index (κ1) is 10.9. The number of amidine groups is 2. The van der Waals surface area contributed by atoms with Crippen molar-refractivity contribution in [3.8, 4) is 0 Å². The van der Waals surface area contributed by atoms with Gasteiger partial charge in [0.25, 0.3) is 0 Å². The maximum Gasteiger partial charge on any atom is 0.304 e. The van der Waals surface area contributed by atoms with E-state index in [4.69, 9.17) is 22.3 Å². The standard InChI is InChI=1S/C8H10N4S2/c9-7(10)13-5-2-1-3-6(4-5)14-8(11)12/h1-4H,(H3,9,10)(H3,11,12)/p+2. The molecule has 0 fully saturated rings. The van der Waals surface area contributed by atoms with Crippen LogP contribution in [0, 0.1) is 0 Å². The Morgan fingerprint density at radius 1 is 1.00 bits per heavy atom. The topological polar surface area (TPSA) is 103 Å². The number of nitrogens with two attached hydrogens (primary N) is 4. The van der Waals surface area contributed by atoms with Crippen molar-refractivity contribution in [2.45, 2.75) is 9.79 Å². The molecule has 0 aliphatic carbocycles. The second-order valence-electron chi connectivity index (χ2n) is 2.48. The van der Waals surface area contributed by atoms with E-state index >= 15 is 0 Å². The van der Waals surface area contributed by atoms with Crippen molar-refractivity contribution in [2.75, 3.05) is 0 Å². The molecule has 8 N–H and O–H groups in total. The van der Waals surface area contributed by atoms with Crippen LogP contribution in [0.15, 0.2) is 34.1 Å². The summed E-state index contributed by atoms with van der Waals surface area (Å²) in [4.78, 5) is 1.94. The van der Waals surface area contributed by atoms with Crippen molar-refractivity contribution in [3.05, 3.63) is 24.3 Å². The highest BCUT2D eigenvalue weighted by Gasteiger charge is 2.04. The molecule has 0 saturated heterocycles. The van der Waals surface area contributed by atoms with Gasteiger partial charge in [0.15, 0.2) is 0 Å². The maximum absolute atomic E-state index is 5.37.